The Kier molecular flexibility index (Phi) is 3.32. The van der Waals surface area contributed by atoms with Gasteiger partial charge in [0.1, 0.15) is 6.10 Å². The van der Waals surface area contributed by atoms with E-state index in [1.165, 1.54) is 18.2 Å². The molecule has 0 fully saturated rings. The molecule has 0 radical (unpaired) electrons. The number of aliphatic hydroxyl groups excluding tert-OH is 2. The lowest BCUT2D eigenvalue weighted by Gasteiger charge is -2.17. The van der Waals surface area contributed by atoms with Crippen molar-refractivity contribution in [1.82, 2.24) is 0 Å². The predicted octanol–water partition coefficient (Wildman–Crippen LogP) is -0.909. The van der Waals surface area contributed by atoms with Crippen LogP contribution in [0.4, 0.5) is 5.69 Å². The fraction of sp³-hybridized carbons (Fsp3) is 0.250. The maximum atomic E-state index is 11.5. The molecule has 7 heteroatoms. The summed E-state index contributed by atoms with van der Waals surface area (Å²) in [4.78, 5) is 33.3. The average Bonchev–Trinajstić information content (AvgIpc) is 2.63. The zero-order valence-corrected chi connectivity index (χ0v) is 9.79. The largest absolute Gasteiger partial charge is 0.390 e. The van der Waals surface area contributed by atoms with Crippen LogP contribution in [0, 0.1) is 0 Å². The topological polar surface area (TPSA) is 130 Å². The van der Waals surface area contributed by atoms with Gasteiger partial charge in [0, 0.05) is 0 Å². The monoisotopic (exact) mass is 264 g/mol. The fourth-order valence-electron chi connectivity index (χ4n) is 1.88. The van der Waals surface area contributed by atoms with Crippen LogP contribution in [0.2, 0.25) is 0 Å². The van der Waals surface area contributed by atoms with Crippen molar-refractivity contribution in [3.63, 3.8) is 0 Å². The molecule has 0 bridgehead atoms. The van der Waals surface area contributed by atoms with Crippen LogP contribution >= 0.6 is 0 Å². The Labute approximate surface area is 108 Å². The summed E-state index contributed by atoms with van der Waals surface area (Å²) in [6.07, 6.45) is -3.12. The lowest BCUT2D eigenvalue weighted by molar-refractivity contribution is -0.121. The molecule has 1 aliphatic heterocycles. The van der Waals surface area contributed by atoms with Crippen LogP contribution in [0.25, 0.3) is 0 Å². The van der Waals surface area contributed by atoms with Crippen molar-refractivity contribution in [2.45, 2.75) is 18.6 Å². The van der Waals surface area contributed by atoms with Gasteiger partial charge in [0.2, 0.25) is 5.91 Å². The summed E-state index contributed by atoms with van der Waals surface area (Å²) < 4.78 is 0. The van der Waals surface area contributed by atoms with E-state index in [1.54, 1.807) is 0 Å². The molecule has 7 nitrogen and oxygen atoms in total. The van der Waals surface area contributed by atoms with Crippen molar-refractivity contribution in [2.75, 3.05) is 5.32 Å². The minimum absolute atomic E-state index is 0.132. The molecule has 2 amide bonds. The van der Waals surface area contributed by atoms with Gasteiger partial charge in [0.25, 0.3) is 11.7 Å². The van der Waals surface area contributed by atoms with E-state index in [2.05, 4.69) is 5.32 Å². The minimum atomic E-state index is -1.37. The molecule has 0 aliphatic carbocycles. The highest BCUT2D eigenvalue weighted by molar-refractivity contribution is 6.51. The van der Waals surface area contributed by atoms with Gasteiger partial charge >= 0.3 is 0 Å². The van der Waals surface area contributed by atoms with Crippen LogP contribution in [0.15, 0.2) is 18.2 Å². The number of nitrogens with two attached hydrogens (primary N) is 1. The normalized spacial score (nSPS) is 16.7. The summed E-state index contributed by atoms with van der Waals surface area (Å²) in [6, 6.07) is 4.21. The Hall–Kier alpha value is -2.25. The van der Waals surface area contributed by atoms with Crippen molar-refractivity contribution in [3.8, 4) is 0 Å². The highest BCUT2D eigenvalue weighted by Crippen LogP contribution is 2.28. The summed E-state index contributed by atoms with van der Waals surface area (Å²) in [5.41, 5.74) is 5.64. The van der Waals surface area contributed by atoms with Gasteiger partial charge in [-0.05, 0) is 17.7 Å². The van der Waals surface area contributed by atoms with Crippen molar-refractivity contribution in [2.24, 2.45) is 5.73 Å². The highest BCUT2D eigenvalue weighted by atomic mass is 16.3. The molecule has 5 N–H and O–H groups in total. The SMILES string of the molecule is NC(=O)CC(O)C(O)c1ccc2c(c1)C(=O)C(=O)N2. The number of hydrogen-bond acceptors (Lipinski definition) is 5. The predicted molar refractivity (Wildman–Crippen MR) is 64.2 cm³/mol. The number of hydrogen-bond donors (Lipinski definition) is 4. The van der Waals surface area contributed by atoms with Crippen molar-refractivity contribution in [3.05, 3.63) is 29.3 Å². The summed E-state index contributed by atoms with van der Waals surface area (Å²) in [7, 11) is 0. The number of rotatable bonds is 4. The number of carbonyl (C=O) groups is 3. The quantitative estimate of drug-likeness (QED) is 0.523. The van der Waals surface area contributed by atoms with Gasteiger partial charge < -0.3 is 21.3 Å². The Balaban J connectivity index is 2.26. The third kappa shape index (κ3) is 2.47. The third-order valence-electron chi connectivity index (χ3n) is 2.86. The number of anilines is 1. The van der Waals surface area contributed by atoms with Gasteiger partial charge in [0.05, 0.1) is 23.8 Å². The highest BCUT2D eigenvalue weighted by Gasteiger charge is 2.29. The van der Waals surface area contributed by atoms with E-state index in [0.29, 0.717) is 5.69 Å². The van der Waals surface area contributed by atoms with Gasteiger partial charge in [0.15, 0.2) is 0 Å². The number of aliphatic hydroxyl groups is 2. The minimum Gasteiger partial charge on any atom is -0.390 e. The van der Waals surface area contributed by atoms with E-state index >= 15 is 0 Å². The van der Waals surface area contributed by atoms with Gasteiger partial charge in [-0.15, -0.1) is 0 Å². The van der Waals surface area contributed by atoms with Crippen LogP contribution in [0.5, 0.6) is 0 Å². The van der Waals surface area contributed by atoms with E-state index in [0.717, 1.165) is 0 Å². The number of benzene rings is 1. The number of primary amides is 1. The van der Waals surface area contributed by atoms with Crippen molar-refractivity contribution >= 4 is 23.3 Å². The van der Waals surface area contributed by atoms with E-state index in [-0.39, 0.29) is 11.1 Å². The molecule has 100 valence electrons. The van der Waals surface area contributed by atoms with Crippen molar-refractivity contribution < 1.29 is 24.6 Å². The number of nitrogens with one attached hydrogen (secondary N) is 1. The van der Waals surface area contributed by atoms with Gasteiger partial charge in [-0.3, -0.25) is 14.4 Å². The molecule has 1 aromatic rings. The number of ketones is 1. The number of amides is 2. The summed E-state index contributed by atoms with van der Waals surface area (Å²) in [5.74, 6) is -2.19. The molecule has 0 saturated heterocycles. The lowest BCUT2D eigenvalue weighted by atomic mass is 9.98. The summed E-state index contributed by atoms with van der Waals surface area (Å²) in [6.45, 7) is 0. The first-order valence-corrected chi connectivity index (χ1v) is 5.54. The standard InChI is InChI=1S/C12H12N2O5/c13-9(16)4-8(15)10(17)5-1-2-7-6(3-5)11(18)12(19)14-7/h1-3,8,10,15,17H,4H2,(H2,13,16)(H,14,18,19). The first kappa shape index (κ1) is 13.2. The molecular weight excluding hydrogens is 252 g/mol. The summed E-state index contributed by atoms with van der Waals surface area (Å²) >= 11 is 0. The Morgan fingerprint density at radius 2 is 2.00 bits per heavy atom. The number of Topliss-reactive ketones (excluding diaryl/α,β-unsaturated/α-hetero) is 1. The van der Waals surface area contributed by atoms with Crippen LogP contribution < -0.4 is 11.1 Å². The van der Waals surface area contributed by atoms with E-state index in [9.17, 15) is 24.6 Å². The second-order valence-corrected chi connectivity index (χ2v) is 4.27. The zero-order valence-electron chi connectivity index (χ0n) is 9.79. The second-order valence-electron chi connectivity index (χ2n) is 4.27. The van der Waals surface area contributed by atoms with Crippen LogP contribution in [0.1, 0.15) is 28.4 Å². The third-order valence-corrected chi connectivity index (χ3v) is 2.86. The van der Waals surface area contributed by atoms with E-state index < -0.39 is 36.2 Å². The Morgan fingerprint density at radius 3 is 2.63 bits per heavy atom. The lowest BCUT2D eigenvalue weighted by Crippen LogP contribution is -2.25. The summed E-state index contributed by atoms with van der Waals surface area (Å²) in [5, 5.41) is 21.8. The zero-order chi connectivity index (χ0) is 14.2. The molecule has 0 saturated carbocycles. The van der Waals surface area contributed by atoms with Crippen molar-refractivity contribution in [1.29, 1.82) is 0 Å². The molecule has 1 aliphatic rings. The Bertz CT molecular complexity index is 569. The number of carbonyl (C=O) groups excluding carboxylic acids is 3. The molecule has 1 aromatic carbocycles. The molecular formula is C12H12N2O5. The van der Waals surface area contributed by atoms with E-state index in [4.69, 9.17) is 5.73 Å². The fourth-order valence-corrected chi connectivity index (χ4v) is 1.88. The van der Waals surface area contributed by atoms with E-state index in [1.807, 2.05) is 0 Å². The smallest absolute Gasteiger partial charge is 0.296 e. The molecule has 2 atom stereocenters. The molecule has 19 heavy (non-hydrogen) atoms. The van der Waals surface area contributed by atoms with Crippen LogP contribution in [-0.2, 0) is 9.59 Å². The maximum Gasteiger partial charge on any atom is 0.296 e. The molecule has 2 unspecified atom stereocenters. The van der Waals surface area contributed by atoms with Crippen LogP contribution in [-0.4, -0.2) is 33.9 Å². The number of fused-ring (bicyclic) bond motifs is 1. The van der Waals surface area contributed by atoms with Crippen LogP contribution in [0.3, 0.4) is 0 Å². The van der Waals surface area contributed by atoms with Gasteiger partial charge in [-0.2, -0.15) is 0 Å². The van der Waals surface area contributed by atoms with Gasteiger partial charge in [-0.25, -0.2) is 0 Å². The second kappa shape index (κ2) is 4.79. The Morgan fingerprint density at radius 1 is 1.32 bits per heavy atom. The van der Waals surface area contributed by atoms with Gasteiger partial charge in [-0.1, -0.05) is 6.07 Å². The average molecular weight is 264 g/mol. The molecule has 2 rings (SSSR count). The molecule has 1 heterocycles. The first-order valence-electron chi connectivity index (χ1n) is 5.54. The maximum absolute atomic E-state index is 11.5. The molecule has 0 spiro atoms. The first-order chi connectivity index (χ1) is 8.90. The molecule has 0 aromatic heterocycles.